The molecule has 118 valence electrons. The summed E-state index contributed by atoms with van der Waals surface area (Å²) in [6.45, 7) is 1.76. The maximum atomic E-state index is 12.4. The van der Waals surface area contributed by atoms with Crippen molar-refractivity contribution in [3.05, 3.63) is 35.9 Å². The standard InChI is InChI=1S/C16H23N5O/c1-20-15(7-9-18-20)4-5-16(22)21-10-2-3-13(12-21)11-14-6-8-17-19-14/h6-9,13H,2-5,10-12H2,1H3,(H,17,19)/t13-/m1/s1. The van der Waals surface area contributed by atoms with Crippen LogP contribution in [0.15, 0.2) is 24.5 Å². The molecule has 1 aliphatic heterocycles. The lowest BCUT2D eigenvalue weighted by Gasteiger charge is -2.32. The average Bonchev–Trinajstić information content (AvgIpc) is 3.17. The second kappa shape index (κ2) is 6.77. The SMILES string of the molecule is Cn1nccc1CCC(=O)N1CCC[C@H](Cc2ccn[nH]2)C1. The number of amides is 1. The zero-order valence-electron chi connectivity index (χ0n) is 13.0. The van der Waals surface area contributed by atoms with Crippen molar-refractivity contribution in [2.24, 2.45) is 13.0 Å². The Morgan fingerprint density at radius 3 is 3.05 bits per heavy atom. The predicted octanol–water partition coefficient (Wildman–Crippen LogP) is 1.56. The van der Waals surface area contributed by atoms with Crippen LogP contribution in [0.3, 0.4) is 0 Å². The van der Waals surface area contributed by atoms with E-state index in [2.05, 4.69) is 15.3 Å². The van der Waals surface area contributed by atoms with Gasteiger partial charge in [0.2, 0.25) is 5.91 Å². The van der Waals surface area contributed by atoms with Gasteiger partial charge < -0.3 is 4.90 Å². The monoisotopic (exact) mass is 301 g/mol. The van der Waals surface area contributed by atoms with E-state index in [4.69, 9.17) is 0 Å². The largest absolute Gasteiger partial charge is 0.342 e. The number of nitrogens with one attached hydrogen (secondary N) is 1. The molecule has 22 heavy (non-hydrogen) atoms. The Kier molecular flexibility index (Phi) is 4.56. The maximum Gasteiger partial charge on any atom is 0.222 e. The summed E-state index contributed by atoms with van der Waals surface area (Å²) in [5, 5.41) is 11.2. The Balaban J connectivity index is 1.50. The van der Waals surface area contributed by atoms with Crippen molar-refractivity contribution in [1.82, 2.24) is 24.9 Å². The van der Waals surface area contributed by atoms with E-state index in [0.717, 1.165) is 43.7 Å². The van der Waals surface area contributed by atoms with Crippen molar-refractivity contribution in [3.8, 4) is 0 Å². The van der Waals surface area contributed by atoms with Gasteiger partial charge in [0.15, 0.2) is 0 Å². The van der Waals surface area contributed by atoms with Crippen molar-refractivity contribution in [2.75, 3.05) is 13.1 Å². The second-order valence-electron chi connectivity index (χ2n) is 6.08. The second-order valence-corrected chi connectivity index (χ2v) is 6.08. The van der Waals surface area contributed by atoms with Crippen LogP contribution in [0.4, 0.5) is 0 Å². The molecular formula is C16H23N5O. The highest BCUT2D eigenvalue weighted by atomic mass is 16.2. The van der Waals surface area contributed by atoms with Crippen LogP contribution >= 0.6 is 0 Å². The van der Waals surface area contributed by atoms with Gasteiger partial charge >= 0.3 is 0 Å². The van der Waals surface area contributed by atoms with E-state index >= 15 is 0 Å². The Labute approximate surface area is 130 Å². The van der Waals surface area contributed by atoms with Crippen LogP contribution in [0.1, 0.15) is 30.7 Å². The van der Waals surface area contributed by atoms with Gasteiger partial charge in [0, 0.05) is 50.3 Å². The Morgan fingerprint density at radius 1 is 1.41 bits per heavy atom. The summed E-state index contributed by atoms with van der Waals surface area (Å²) in [6, 6.07) is 3.99. The summed E-state index contributed by atoms with van der Waals surface area (Å²) in [7, 11) is 1.92. The first-order valence-electron chi connectivity index (χ1n) is 7.95. The van der Waals surface area contributed by atoms with E-state index in [9.17, 15) is 4.79 Å². The van der Waals surface area contributed by atoms with Crippen LogP contribution in [-0.2, 0) is 24.7 Å². The molecule has 3 rings (SSSR count). The number of hydrogen-bond acceptors (Lipinski definition) is 3. The number of hydrogen-bond donors (Lipinski definition) is 1. The maximum absolute atomic E-state index is 12.4. The van der Waals surface area contributed by atoms with Crippen molar-refractivity contribution in [2.45, 2.75) is 32.1 Å². The Morgan fingerprint density at radius 2 is 2.32 bits per heavy atom. The van der Waals surface area contributed by atoms with Crippen molar-refractivity contribution >= 4 is 5.91 Å². The highest BCUT2D eigenvalue weighted by Gasteiger charge is 2.24. The molecule has 0 unspecified atom stereocenters. The number of nitrogens with zero attached hydrogens (tertiary/aromatic N) is 4. The number of aromatic nitrogens is 4. The molecule has 1 aliphatic rings. The van der Waals surface area contributed by atoms with E-state index in [0.29, 0.717) is 12.3 Å². The fourth-order valence-electron chi connectivity index (χ4n) is 3.21. The van der Waals surface area contributed by atoms with Gasteiger partial charge in [-0.1, -0.05) is 0 Å². The lowest BCUT2D eigenvalue weighted by molar-refractivity contribution is -0.133. The minimum Gasteiger partial charge on any atom is -0.342 e. The quantitative estimate of drug-likeness (QED) is 0.911. The number of carbonyl (C=O) groups is 1. The van der Waals surface area contributed by atoms with Gasteiger partial charge in [-0.2, -0.15) is 10.2 Å². The third-order valence-corrected chi connectivity index (χ3v) is 4.46. The summed E-state index contributed by atoms with van der Waals surface area (Å²) in [5.74, 6) is 0.797. The van der Waals surface area contributed by atoms with Gasteiger partial charge in [0.05, 0.1) is 0 Å². The first kappa shape index (κ1) is 14.8. The van der Waals surface area contributed by atoms with Gasteiger partial charge in [-0.3, -0.25) is 14.6 Å². The molecule has 0 radical (unpaired) electrons. The number of rotatable bonds is 5. The smallest absolute Gasteiger partial charge is 0.222 e. The van der Waals surface area contributed by atoms with Crippen LogP contribution in [0.25, 0.3) is 0 Å². The normalized spacial score (nSPS) is 18.6. The molecule has 0 saturated carbocycles. The lowest BCUT2D eigenvalue weighted by Crippen LogP contribution is -2.40. The minimum atomic E-state index is 0.260. The number of aryl methyl sites for hydroxylation is 2. The molecular weight excluding hydrogens is 278 g/mol. The van der Waals surface area contributed by atoms with Crippen molar-refractivity contribution in [3.63, 3.8) is 0 Å². The third-order valence-electron chi connectivity index (χ3n) is 4.46. The molecule has 1 N–H and O–H groups in total. The molecule has 2 aromatic rings. The van der Waals surface area contributed by atoms with E-state index < -0.39 is 0 Å². The third kappa shape index (κ3) is 3.55. The minimum absolute atomic E-state index is 0.260. The Hall–Kier alpha value is -2.11. The summed E-state index contributed by atoms with van der Waals surface area (Å²) in [4.78, 5) is 14.5. The van der Waals surface area contributed by atoms with Crippen LogP contribution < -0.4 is 0 Å². The molecule has 6 nitrogen and oxygen atoms in total. The fraction of sp³-hybridized carbons (Fsp3) is 0.562. The van der Waals surface area contributed by atoms with Gasteiger partial charge in [-0.25, -0.2) is 0 Å². The lowest BCUT2D eigenvalue weighted by atomic mass is 9.93. The molecule has 0 bridgehead atoms. The molecule has 3 heterocycles. The van der Waals surface area contributed by atoms with E-state index in [1.807, 2.05) is 28.8 Å². The molecule has 6 heteroatoms. The van der Waals surface area contributed by atoms with Gasteiger partial charge in [-0.15, -0.1) is 0 Å². The van der Waals surface area contributed by atoms with Crippen molar-refractivity contribution < 1.29 is 4.79 Å². The predicted molar refractivity (Wildman–Crippen MR) is 83.1 cm³/mol. The highest BCUT2D eigenvalue weighted by molar-refractivity contribution is 5.76. The first-order chi connectivity index (χ1) is 10.7. The van der Waals surface area contributed by atoms with Crippen LogP contribution in [0.5, 0.6) is 0 Å². The van der Waals surface area contributed by atoms with Crippen LogP contribution in [0, 0.1) is 5.92 Å². The zero-order chi connectivity index (χ0) is 15.4. The van der Waals surface area contributed by atoms with Gasteiger partial charge in [0.1, 0.15) is 0 Å². The topological polar surface area (TPSA) is 66.8 Å². The molecule has 0 spiro atoms. The first-order valence-corrected chi connectivity index (χ1v) is 7.95. The average molecular weight is 301 g/mol. The molecule has 2 aromatic heterocycles. The number of H-pyrrole nitrogens is 1. The van der Waals surface area contributed by atoms with Gasteiger partial charge in [-0.05, 0) is 43.7 Å². The molecule has 1 fully saturated rings. The highest BCUT2D eigenvalue weighted by Crippen LogP contribution is 2.21. The van der Waals surface area contributed by atoms with E-state index in [1.165, 1.54) is 6.42 Å². The Bertz CT molecular complexity index is 604. The molecule has 1 atom stereocenters. The van der Waals surface area contributed by atoms with E-state index in [-0.39, 0.29) is 5.91 Å². The summed E-state index contributed by atoms with van der Waals surface area (Å²) >= 11 is 0. The molecule has 0 aliphatic carbocycles. The number of carbonyl (C=O) groups excluding carboxylic acids is 1. The number of piperidine rings is 1. The molecule has 1 saturated heterocycles. The fourth-order valence-corrected chi connectivity index (χ4v) is 3.21. The number of likely N-dealkylation sites (tertiary alicyclic amines) is 1. The summed E-state index contributed by atoms with van der Waals surface area (Å²) in [6.07, 6.45) is 8.15. The molecule has 1 amide bonds. The van der Waals surface area contributed by atoms with Crippen LogP contribution in [-0.4, -0.2) is 43.9 Å². The van der Waals surface area contributed by atoms with Crippen LogP contribution in [0.2, 0.25) is 0 Å². The number of aromatic amines is 1. The van der Waals surface area contributed by atoms with Crippen molar-refractivity contribution in [1.29, 1.82) is 0 Å². The summed E-state index contributed by atoms with van der Waals surface area (Å²) in [5.41, 5.74) is 2.27. The zero-order valence-corrected chi connectivity index (χ0v) is 13.0. The summed E-state index contributed by atoms with van der Waals surface area (Å²) < 4.78 is 1.84. The van der Waals surface area contributed by atoms with E-state index in [1.54, 1.807) is 12.4 Å². The molecule has 0 aromatic carbocycles. The van der Waals surface area contributed by atoms with Gasteiger partial charge in [0.25, 0.3) is 0 Å².